The van der Waals surface area contributed by atoms with E-state index in [2.05, 4.69) is 20.7 Å². The summed E-state index contributed by atoms with van der Waals surface area (Å²) in [5, 5.41) is 10.4. The number of benzene rings is 2. The van der Waals surface area contributed by atoms with Gasteiger partial charge in [0.05, 0.1) is 28.9 Å². The second-order valence-corrected chi connectivity index (χ2v) is 13.7. The van der Waals surface area contributed by atoms with Crippen LogP contribution in [0.4, 0.5) is 4.79 Å². The zero-order valence-electron chi connectivity index (χ0n) is 27.9. The minimum Gasteiger partial charge on any atom is -0.444 e. The fraction of sp³-hybridized carbons (Fsp3) is 0.314. The summed E-state index contributed by atoms with van der Waals surface area (Å²) in [7, 11) is 1.56. The van der Waals surface area contributed by atoms with Gasteiger partial charge in [0.2, 0.25) is 0 Å². The average Bonchev–Trinajstić information content (AvgIpc) is 3.39. The first-order chi connectivity index (χ1) is 22.6. The summed E-state index contributed by atoms with van der Waals surface area (Å²) in [6.07, 6.45) is 3.68. The van der Waals surface area contributed by atoms with E-state index in [0.717, 1.165) is 4.68 Å². The van der Waals surface area contributed by atoms with Crippen LogP contribution in [0.2, 0.25) is 0 Å². The van der Waals surface area contributed by atoms with Gasteiger partial charge >= 0.3 is 12.1 Å². The van der Waals surface area contributed by atoms with Gasteiger partial charge in [0, 0.05) is 28.4 Å². The summed E-state index contributed by atoms with van der Waals surface area (Å²) >= 11 is 1.34. The third-order valence-corrected chi connectivity index (χ3v) is 7.39. The van der Waals surface area contributed by atoms with Crippen LogP contribution in [0.15, 0.2) is 76.7 Å². The highest BCUT2D eigenvalue weighted by atomic mass is 32.2. The lowest BCUT2D eigenvalue weighted by Gasteiger charge is -2.23. The summed E-state index contributed by atoms with van der Waals surface area (Å²) in [4.78, 5) is 68.2. The summed E-state index contributed by atoms with van der Waals surface area (Å²) in [5.74, 6) is -1.84. The van der Waals surface area contributed by atoms with Crippen molar-refractivity contribution >= 4 is 58.7 Å². The van der Waals surface area contributed by atoms with E-state index in [1.165, 1.54) is 11.8 Å². The van der Waals surface area contributed by atoms with Crippen LogP contribution in [-0.4, -0.2) is 62.9 Å². The van der Waals surface area contributed by atoms with Crippen LogP contribution in [-0.2, 0) is 19.3 Å². The van der Waals surface area contributed by atoms with Gasteiger partial charge in [0.15, 0.2) is 0 Å². The molecule has 0 aliphatic rings. The van der Waals surface area contributed by atoms with E-state index in [9.17, 15) is 19.2 Å². The Morgan fingerprint density at radius 2 is 1.67 bits per heavy atom. The van der Waals surface area contributed by atoms with Gasteiger partial charge in [-0.3, -0.25) is 19.5 Å². The number of pyridine rings is 1. The van der Waals surface area contributed by atoms with Crippen molar-refractivity contribution in [2.24, 2.45) is 0 Å². The first-order valence-electron chi connectivity index (χ1n) is 15.2. The third kappa shape index (κ3) is 9.99. The molecule has 0 radical (unpaired) electrons. The van der Waals surface area contributed by atoms with Gasteiger partial charge < -0.3 is 15.4 Å². The van der Waals surface area contributed by atoms with Gasteiger partial charge in [-0.25, -0.2) is 9.59 Å². The molecule has 0 spiro atoms. The lowest BCUT2D eigenvalue weighted by Crippen LogP contribution is -2.47. The van der Waals surface area contributed by atoms with Crippen molar-refractivity contribution in [3.63, 3.8) is 0 Å². The quantitative estimate of drug-likeness (QED) is 0.145. The summed E-state index contributed by atoms with van der Waals surface area (Å²) < 4.78 is 6.53. The molecule has 48 heavy (non-hydrogen) atoms. The lowest BCUT2D eigenvalue weighted by molar-refractivity contribution is -0.320. The zero-order valence-corrected chi connectivity index (χ0v) is 28.7. The van der Waals surface area contributed by atoms with E-state index >= 15 is 0 Å². The van der Waals surface area contributed by atoms with Crippen LogP contribution in [0.1, 0.15) is 74.5 Å². The third-order valence-electron chi connectivity index (χ3n) is 6.32. The van der Waals surface area contributed by atoms with Crippen molar-refractivity contribution in [3.05, 3.63) is 83.8 Å². The minimum atomic E-state index is -1.43. The minimum absolute atomic E-state index is 0.236. The Labute approximate surface area is 283 Å². The largest absolute Gasteiger partial charge is 0.444 e. The number of hydrogen-bond acceptors (Lipinski definition) is 10. The van der Waals surface area contributed by atoms with Crippen molar-refractivity contribution < 1.29 is 33.7 Å². The fourth-order valence-electron chi connectivity index (χ4n) is 4.29. The monoisotopic (exact) mass is 673 g/mol. The predicted octanol–water partition coefficient (Wildman–Crippen LogP) is 6.31. The highest BCUT2D eigenvalue weighted by Crippen LogP contribution is 2.34. The summed E-state index contributed by atoms with van der Waals surface area (Å²) in [5.41, 5.74) is 0.346. The molecule has 4 rings (SSSR count). The Morgan fingerprint density at radius 3 is 2.33 bits per heavy atom. The van der Waals surface area contributed by atoms with Crippen molar-refractivity contribution in [3.8, 4) is 0 Å². The summed E-state index contributed by atoms with van der Waals surface area (Å²) in [6, 6.07) is 16.6. The maximum absolute atomic E-state index is 14.2. The molecular formula is C35H39N5O7S. The van der Waals surface area contributed by atoms with Gasteiger partial charge in [0.1, 0.15) is 17.2 Å². The highest BCUT2D eigenvalue weighted by molar-refractivity contribution is 7.99. The van der Waals surface area contributed by atoms with Gasteiger partial charge in [0.25, 0.3) is 11.8 Å². The van der Waals surface area contributed by atoms with Crippen LogP contribution in [0.5, 0.6) is 0 Å². The Hall–Kier alpha value is -5.01. The second kappa shape index (κ2) is 15.3. The number of carbonyl (C=O) groups is 4. The molecule has 4 aromatic rings. The van der Waals surface area contributed by atoms with E-state index in [4.69, 9.17) is 14.5 Å². The topological polar surface area (TPSA) is 151 Å². The molecule has 2 aromatic heterocycles. The number of alkyl carbamates (subject to hydrolysis) is 1. The number of carbonyl (C=O) groups excluding carboxylic acids is 4. The van der Waals surface area contributed by atoms with E-state index in [0.29, 0.717) is 37.6 Å². The summed E-state index contributed by atoms with van der Waals surface area (Å²) in [6.45, 7) is 10.1. The Bertz CT molecular complexity index is 1820. The lowest BCUT2D eigenvalue weighted by atomic mass is 10.1. The Kier molecular flexibility index (Phi) is 11.4. The molecule has 0 fully saturated rings. The van der Waals surface area contributed by atoms with Crippen LogP contribution >= 0.6 is 11.8 Å². The molecule has 1 atom stereocenters. The van der Waals surface area contributed by atoms with Crippen molar-refractivity contribution in [1.82, 2.24) is 25.4 Å². The maximum atomic E-state index is 14.2. The Morgan fingerprint density at radius 1 is 0.938 bits per heavy atom. The number of rotatable bonds is 10. The van der Waals surface area contributed by atoms with E-state index < -0.39 is 41.6 Å². The average molecular weight is 674 g/mol. The number of nitrogens with zero attached hydrogens (tertiary/aromatic N) is 3. The molecule has 12 nitrogen and oxygen atoms in total. The smallest absolute Gasteiger partial charge is 0.408 e. The number of nitrogens with one attached hydrogen (secondary N) is 2. The molecule has 2 heterocycles. The molecule has 0 aliphatic carbocycles. The molecule has 0 saturated heterocycles. The molecular weight excluding hydrogens is 634 g/mol. The van der Waals surface area contributed by atoms with Gasteiger partial charge in [-0.15, -0.1) is 0 Å². The van der Waals surface area contributed by atoms with E-state index in [-0.39, 0.29) is 5.91 Å². The Balaban J connectivity index is 1.78. The van der Waals surface area contributed by atoms with Crippen molar-refractivity contribution in [1.29, 1.82) is 0 Å². The molecule has 252 valence electrons. The molecule has 13 heteroatoms. The first-order valence-corrected chi connectivity index (χ1v) is 16.0. The SMILES string of the molecule is CNC(=O)c1ccccc1Sc1ccc2c(/C=C/c3ccccn3)nn(C(=O)[C@H](CC(=O)OOC(C)(C)C)NC(=O)OC(C)(C)C)c2c1. The fourth-order valence-corrected chi connectivity index (χ4v) is 5.26. The van der Waals surface area contributed by atoms with Crippen LogP contribution in [0.25, 0.3) is 23.1 Å². The number of ether oxygens (including phenoxy) is 1. The molecule has 0 bridgehead atoms. The zero-order chi connectivity index (χ0) is 35.1. The highest BCUT2D eigenvalue weighted by Gasteiger charge is 2.31. The van der Waals surface area contributed by atoms with E-state index in [1.54, 1.807) is 91.2 Å². The first kappa shape index (κ1) is 35.8. The van der Waals surface area contributed by atoms with Crippen molar-refractivity contribution in [2.75, 3.05) is 7.05 Å². The molecule has 0 unspecified atom stereocenters. The maximum Gasteiger partial charge on any atom is 0.408 e. The number of amides is 2. The molecule has 0 aliphatic heterocycles. The molecule has 2 amide bonds. The van der Waals surface area contributed by atoms with Gasteiger partial charge in [-0.2, -0.15) is 14.7 Å². The standard InChI is InChI=1S/C35H39N5O7S/c1-34(2,3)45-33(44)38-27(21-30(41)46-47-35(4,5)6)32(43)40-28-20-23(48-29-14-9-8-13-25(29)31(42)36-7)16-17-24(28)26(39-40)18-15-22-12-10-11-19-37-22/h8-20,27H,21H2,1-7H3,(H,36,42)(H,38,44)/b18-15+/t27-/m0/s1. The number of hydrogen-bond donors (Lipinski definition) is 2. The van der Waals surface area contributed by atoms with Gasteiger partial charge in [-0.1, -0.05) is 30.0 Å². The number of aromatic nitrogens is 3. The molecule has 2 N–H and O–H groups in total. The number of fused-ring (bicyclic) bond motifs is 1. The molecule has 2 aromatic carbocycles. The molecule has 0 saturated carbocycles. The van der Waals surface area contributed by atoms with Crippen LogP contribution < -0.4 is 10.6 Å². The van der Waals surface area contributed by atoms with Crippen LogP contribution in [0, 0.1) is 0 Å². The normalized spacial score (nSPS) is 12.5. The van der Waals surface area contributed by atoms with Gasteiger partial charge in [-0.05, 0) is 96.2 Å². The predicted molar refractivity (Wildman–Crippen MR) is 182 cm³/mol. The van der Waals surface area contributed by atoms with Crippen LogP contribution in [0.3, 0.4) is 0 Å². The second-order valence-electron chi connectivity index (χ2n) is 12.6. The van der Waals surface area contributed by atoms with E-state index in [1.807, 2.05) is 36.4 Å². The van der Waals surface area contributed by atoms with Crippen molar-refractivity contribution in [2.45, 2.75) is 75.0 Å².